The SMILES string of the molecule is CCCCCCCCCCCCCCCCCCCCCCCCCCCCCCCCCCCCCC(=O)NC(CO)C(O)CCCCCCCCCCCCCCCCCCCCCCCCCCCCCCCCC. The molecule has 78 heavy (non-hydrogen) atoms. The molecule has 4 heteroatoms. The van der Waals surface area contributed by atoms with Gasteiger partial charge in [-0.2, -0.15) is 0 Å². The molecular weight excluding hydrogens is 951 g/mol. The number of carbonyl (C=O) groups excluding carboxylic acids is 1. The van der Waals surface area contributed by atoms with Gasteiger partial charge in [-0.3, -0.25) is 4.79 Å². The third-order valence-electron chi connectivity index (χ3n) is 18.1. The van der Waals surface area contributed by atoms with Crippen LogP contribution in [0.15, 0.2) is 0 Å². The average molecular weight is 1100 g/mol. The van der Waals surface area contributed by atoms with Crippen molar-refractivity contribution in [3.05, 3.63) is 0 Å². The highest BCUT2D eigenvalue weighted by atomic mass is 16.3. The fraction of sp³-hybridized carbons (Fsp3) is 0.986. The summed E-state index contributed by atoms with van der Waals surface area (Å²) >= 11 is 0. The Morgan fingerprint density at radius 3 is 0.577 bits per heavy atom. The maximum atomic E-state index is 12.6. The maximum Gasteiger partial charge on any atom is 0.220 e. The maximum absolute atomic E-state index is 12.6. The Labute approximate surface area is 493 Å². The Hall–Kier alpha value is -0.610. The number of carbonyl (C=O) groups is 1. The molecule has 0 bridgehead atoms. The minimum Gasteiger partial charge on any atom is -0.394 e. The molecule has 0 aromatic carbocycles. The van der Waals surface area contributed by atoms with Gasteiger partial charge in [-0.1, -0.05) is 431 Å². The topological polar surface area (TPSA) is 69.6 Å². The number of amides is 1. The van der Waals surface area contributed by atoms with Crippen molar-refractivity contribution in [3.63, 3.8) is 0 Å². The van der Waals surface area contributed by atoms with Crippen LogP contribution < -0.4 is 5.32 Å². The number of aliphatic hydroxyl groups excluding tert-OH is 2. The van der Waals surface area contributed by atoms with Crippen molar-refractivity contribution < 1.29 is 15.0 Å². The Kier molecular flexibility index (Phi) is 70.1. The van der Waals surface area contributed by atoms with E-state index in [9.17, 15) is 15.0 Å². The van der Waals surface area contributed by atoms with Gasteiger partial charge in [-0.15, -0.1) is 0 Å². The molecule has 2 atom stereocenters. The van der Waals surface area contributed by atoms with Gasteiger partial charge in [0, 0.05) is 6.42 Å². The smallest absolute Gasteiger partial charge is 0.220 e. The fourth-order valence-electron chi connectivity index (χ4n) is 12.5. The summed E-state index contributed by atoms with van der Waals surface area (Å²) < 4.78 is 0. The third kappa shape index (κ3) is 66.2. The predicted octanol–water partition coefficient (Wildman–Crippen LogP) is 25.4. The number of hydrogen-bond acceptors (Lipinski definition) is 3. The summed E-state index contributed by atoms with van der Waals surface area (Å²) in [7, 11) is 0. The second-order valence-corrected chi connectivity index (χ2v) is 26.1. The van der Waals surface area contributed by atoms with E-state index in [1.165, 1.54) is 398 Å². The van der Waals surface area contributed by atoms with E-state index >= 15 is 0 Å². The molecule has 0 aliphatic heterocycles. The lowest BCUT2D eigenvalue weighted by Crippen LogP contribution is -2.45. The van der Waals surface area contributed by atoms with Crippen LogP contribution in [-0.2, 0) is 4.79 Å². The standard InChI is InChI=1S/C74H149NO3/c1-3-5-7-9-11-13-15-17-19-21-23-25-27-29-31-33-35-36-37-38-40-42-44-46-48-50-52-54-56-58-60-62-64-66-68-70-74(78)75-72(71-76)73(77)69-67-65-63-61-59-57-55-53-51-49-47-45-43-41-39-34-32-30-28-26-24-22-20-18-16-14-12-10-8-6-4-2/h72-73,76-77H,3-71H2,1-2H3,(H,75,78). The minimum absolute atomic E-state index is 0.0185. The zero-order valence-corrected chi connectivity index (χ0v) is 54.2. The van der Waals surface area contributed by atoms with E-state index in [0.29, 0.717) is 12.8 Å². The second kappa shape index (κ2) is 70.7. The molecule has 0 aliphatic carbocycles. The highest BCUT2D eigenvalue weighted by Gasteiger charge is 2.20. The molecule has 0 fully saturated rings. The summed E-state index contributed by atoms with van der Waals surface area (Å²) in [5.74, 6) is -0.0185. The average Bonchev–Trinajstić information content (AvgIpc) is 3.44. The van der Waals surface area contributed by atoms with Gasteiger partial charge < -0.3 is 15.5 Å². The van der Waals surface area contributed by atoms with Crippen molar-refractivity contribution in [2.24, 2.45) is 0 Å². The minimum atomic E-state index is -0.657. The third-order valence-corrected chi connectivity index (χ3v) is 18.1. The normalized spacial score (nSPS) is 12.5. The van der Waals surface area contributed by atoms with Crippen molar-refractivity contribution in [2.75, 3.05) is 6.61 Å². The van der Waals surface area contributed by atoms with Crippen LogP contribution in [-0.4, -0.2) is 34.9 Å². The quantitative estimate of drug-likeness (QED) is 0.0532. The molecule has 0 aromatic heterocycles. The molecule has 2 unspecified atom stereocenters. The molecule has 4 nitrogen and oxygen atoms in total. The van der Waals surface area contributed by atoms with Crippen molar-refractivity contribution in [1.29, 1.82) is 0 Å². The molecule has 0 saturated carbocycles. The van der Waals surface area contributed by atoms with Crippen LogP contribution in [0.5, 0.6) is 0 Å². The van der Waals surface area contributed by atoms with Gasteiger partial charge in [-0.25, -0.2) is 0 Å². The van der Waals surface area contributed by atoms with Crippen LogP contribution in [0.1, 0.15) is 450 Å². The van der Waals surface area contributed by atoms with E-state index in [4.69, 9.17) is 0 Å². The first kappa shape index (κ1) is 77.4. The number of rotatable bonds is 71. The van der Waals surface area contributed by atoms with E-state index in [-0.39, 0.29) is 12.5 Å². The molecule has 0 aliphatic rings. The Bertz CT molecular complexity index is 1060. The molecule has 0 rings (SSSR count). The van der Waals surface area contributed by atoms with Crippen molar-refractivity contribution in [1.82, 2.24) is 5.32 Å². The number of unbranched alkanes of at least 4 members (excludes halogenated alkanes) is 64. The van der Waals surface area contributed by atoms with Gasteiger partial charge in [0.05, 0.1) is 18.8 Å². The lowest BCUT2D eigenvalue weighted by Gasteiger charge is -2.22. The molecule has 0 aromatic rings. The van der Waals surface area contributed by atoms with Gasteiger partial charge in [0.1, 0.15) is 0 Å². The van der Waals surface area contributed by atoms with E-state index in [2.05, 4.69) is 19.2 Å². The van der Waals surface area contributed by atoms with E-state index in [0.717, 1.165) is 25.7 Å². The van der Waals surface area contributed by atoms with Crippen LogP contribution in [0.3, 0.4) is 0 Å². The van der Waals surface area contributed by atoms with Crippen LogP contribution >= 0.6 is 0 Å². The van der Waals surface area contributed by atoms with Crippen LogP contribution in [0.25, 0.3) is 0 Å². The molecule has 468 valence electrons. The Balaban J connectivity index is 3.34. The number of hydrogen-bond donors (Lipinski definition) is 3. The van der Waals surface area contributed by atoms with Crippen molar-refractivity contribution in [2.45, 2.75) is 463 Å². The first-order valence-corrected chi connectivity index (χ1v) is 37.2. The Morgan fingerprint density at radius 1 is 0.256 bits per heavy atom. The highest BCUT2D eigenvalue weighted by Crippen LogP contribution is 2.21. The summed E-state index contributed by atoms with van der Waals surface area (Å²) in [5.41, 5.74) is 0. The zero-order valence-electron chi connectivity index (χ0n) is 54.2. The number of nitrogens with one attached hydrogen (secondary N) is 1. The van der Waals surface area contributed by atoms with Gasteiger partial charge in [0.15, 0.2) is 0 Å². The lowest BCUT2D eigenvalue weighted by atomic mass is 10.0. The molecule has 0 heterocycles. The molecule has 3 N–H and O–H groups in total. The molecular formula is C74H149NO3. The first-order valence-electron chi connectivity index (χ1n) is 37.2. The highest BCUT2D eigenvalue weighted by molar-refractivity contribution is 5.76. The number of aliphatic hydroxyl groups is 2. The van der Waals surface area contributed by atoms with Crippen LogP contribution in [0.4, 0.5) is 0 Å². The van der Waals surface area contributed by atoms with Crippen LogP contribution in [0.2, 0.25) is 0 Å². The second-order valence-electron chi connectivity index (χ2n) is 26.1. The summed E-state index contributed by atoms with van der Waals surface area (Å²) in [6.07, 6.45) is 93.4. The van der Waals surface area contributed by atoms with Crippen molar-refractivity contribution >= 4 is 5.91 Å². The van der Waals surface area contributed by atoms with E-state index in [1.807, 2.05) is 0 Å². The predicted molar refractivity (Wildman–Crippen MR) is 350 cm³/mol. The zero-order chi connectivity index (χ0) is 56.2. The Morgan fingerprint density at radius 2 is 0.410 bits per heavy atom. The molecule has 1 amide bonds. The fourth-order valence-corrected chi connectivity index (χ4v) is 12.5. The van der Waals surface area contributed by atoms with Gasteiger partial charge >= 0.3 is 0 Å². The molecule has 0 spiro atoms. The van der Waals surface area contributed by atoms with Gasteiger partial charge in [0.25, 0.3) is 0 Å². The summed E-state index contributed by atoms with van der Waals surface area (Å²) in [4.78, 5) is 12.6. The largest absolute Gasteiger partial charge is 0.394 e. The lowest BCUT2D eigenvalue weighted by molar-refractivity contribution is -0.123. The monoisotopic (exact) mass is 1100 g/mol. The van der Waals surface area contributed by atoms with Crippen LogP contribution in [0, 0.1) is 0 Å². The van der Waals surface area contributed by atoms with E-state index < -0.39 is 12.1 Å². The van der Waals surface area contributed by atoms with Gasteiger partial charge in [-0.05, 0) is 12.8 Å². The summed E-state index contributed by atoms with van der Waals surface area (Å²) in [6.45, 7) is 4.43. The summed E-state index contributed by atoms with van der Waals surface area (Å²) in [6, 6.07) is -0.533. The van der Waals surface area contributed by atoms with Crippen molar-refractivity contribution in [3.8, 4) is 0 Å². The van der Waals surface area contributed by atoms with E-state index in [1.54, 1.807) is 0 Å². The molecule has 0 radical (unpaired) electrons. The summed E-state index contributed by atoms with van der Waals surface area (Å²) in [5, 5.41) is 23.5. The first-order chi connectivity index (χ1) is 38.7. The molecule has 0 saturated heterocycles. The van der Waals surface area contributed by atoms with Gasteiger partial charge in [0.2, 0.25) is 5.91 Å².